The number of amides is 2. The Kier molecular flexibility index (Phi) is 4.02. The minimum absolute atomic E-state index is 0.0890. The number of nitrogens with one attached hydrogen (secondary N) is 2. The molecule has 5 nitrogen and oxygen atoms in total. The van der Waals surface area contributed by atoms with Crippen molar-refractivity contribution < 1.29 is 14.7 Å². The van der Waals surface area contributed by atoms with Gasteiger partial charge in [-0.1, -0.05) is 12.1 Å². The van der Waals surface area contributed by atoms with Crippen LogP contribution in [0.25, 0.3) is 0 Å². The molecule has 2 amide bonds. The number of phenolic OH excluding ortho intramolecular Hbond substituents is 1. The van der Waals surface area contributed by atoms with Crippen LogP contribution in [0.4, 0.5) is 11.4 Å². The minimum Gasteiger partial charge on any atom is -0.508 e. The van der Waals surface area contributed by atoms with Gasteiger partial charge in [-0.15, -0.1) is 11.8 Å². The van der Waals surface area contributed by atoms with Crippen molar-refractivity contribution in [1.82, 2.24) is 0 Å². The zero-order chi connectivity index (χ0) is 15.5. The number of benzene rings is 2. The molecule has 22 heavy (non-hydrogen) atoms. The summed E-state index contributed by atoms with van der Waals surface area (Å²) in [6, 6.07) is 13.7. The zero-order valence-corrected chi connectivity index (χ0v) is 12.4. The molecule has 1 atom stereocenters. The van der Waals surface area contributed by atoms with Crippen LogP contribution in [-0.4, -0.2) is 22.2 Å². The monoisotopic (exact) mass is 314 g/mol. The van der Waals surface area contributed by atoms with Gasteiger partial charge in [0.2, 0.25) is 11.8 Å². The number of para-hydroxylation sites is 1. The second kappa shape index (κ2) is 6.11. The SMILES string of the molecule is O=C(CC1Sc2ccccc2NC1=O)Nc1ccc(O)cc1. The van der Waals surface area contributed by atoms with E-state index in [4.69, 9.17) is 0 Å². The highest BCUT2D eigenvalue weighted by Crippen LogP contribution is 2.36. The molecular formula is C16H14N2O3S. The van der Waals surface area contributed by atoms with Gasteiger partial charge in [-0.3, -0.25) is 9.59 Å². The molecule has 2 aromatic carbocycles. The zero-order valence-electron chi connectivity index (χ0n) is 11.6. The molecule has 0 saturated heterocycles. The Hall–Kier alpha value is -2.47. The van der Waals surface area contributed by atoms with Crippen LogP contribution in [0.2, 0.25) is 0 Å². The standard InChI is InChI=1S/C16H14N2O3S/c19-11-7-5-10(6-8-11)17-15(20)9-14-16(21)18-12-3-1-2-4-13(12)22-14/h1-8,14,19H,9H2,(H,17,20)(H,18,21). The Bertz CT molecular complexity index is 716. The summed E-state index contributed by atoms with van der Waals surface area (Å²) in [5, 5.41) is 14.3. The highest BCUT2D eigenvalue weighted by Gasteiger charge is 2.28. The lowest BCUT2D eigenvalue weighted by Gasteiger charge is -2.23. The number of aromatic hydroxyl groups is 1. The van der Waals surface area contributed by atoms with Gasteiger partial charge in [-0.25, -0.2) is 0 Å². The van der Waals surface area contributed by atoms with Gasteiger partial charge < -0.3 is 15.7 Å². The van der Waals surface area contributed by atoms with Gasteiger partial charge in [0.05, 0.1) is 10.9 Å². The molecule has 6 heteroatoms. The van der Waals surface area contributed by atoms with Crippen molar-refractivity contribution in [3.63, 3.8) is 0 Å². The predicted molar refractivity (Wildman–Crippen MR) is 86.1 cm³/mol. The van der Waals surface area contributed by atoms with Crippen LogP contribution < -0.4 is 10.6 Å². The highest BCUT2D eigenvalue weighted by molar-refractivity contribution is 8.01. The van der Waals surface area contributed by atoms with Gasteiger partial charge in [-0.05, 0) is 36.4 Å². The van der Waals surface area contributed by atoms with Gasteiger partial charge in [0.1, 0.15) is 5.75 Å². The summed E-state index contributed by atoms with van der Waals surface area (Å²) in [6.07, 6.45) is 0.0890. The maximum Gasteiger partial charge on any atom is 0.238 e. The Balaban J connectivity index is 1.64. The topological polar surface area (TPSA) is 78.4 Å². The van der Waals surface area contributed by atoms with E-state index in [1.165, 1.54) is 23.9 Å². The third-order valence-electron chi connectivity index (χ3n) is 3.23. The maximum absolute atomic E-state index is 12.1. The van der Waals surface area contributed by atoms with Crippen LogP contribution in [0.3, 0.4) is 0 Å². The van der Waals surface area contributed by atoms with Crippen molar-refractivity contribution in [3.05, 3.63) is 48.5 Å². The largest absolute Gasteiger partial charge is 0.508 e. The molecular weight excluding hydrogens is 300 g/mol. The lowest BCUT2D eigenvalue weighted by molar-refractivity contribution is -0.120. The average Bonchev–Trinajstić information content (AvgIpc) is 2.50. The van der Waals surface area contributed by atoms with Crippen LogP contribution in [0.5, 0.6) is 5.75 Å². The molecule has 0 aromatic heterocycles. The van der Waals surface area contributed by atoms with Crippen LogP contribution in [0.1, 0.15) is 6.42 Å². The van der Waals surface area contributed by atoms with E-state index in [2.05, 4.69) is 10.6 Å². The Morgan fingerprint density at radius 2 is 1.91 bits per heavy atom. The summed E-state index contributed by atoms with van der Waals surface area (Å²) in [4.78, 5) is 25.1. The van der Waals surface area contributed by atoms with Gasteiger partial charge in [0.25, 0.3) is 0 Å². The third-order valence-corrected chi connectivity index (χ3v) is 4.50. The van der Waals surface area contributed by atoms with E-state index >= 15 is 0 Å². The third kappa shape index (κ3) is 3.23. The number of hydrogen-bond donors (Lipinski definition) is 3. The normalized spacial score (nSPS) is 16.5. The molecule has 1 heterocycles. The number of carbonyl (C=O) groups is 2. The maximum atomic E-state index is 12.1. The fourth-order valence-corrected chi connectivity index (χ4v) is 3.26. The molecule has 0 aliphatic carbocycles. The predicted octanol–water partition coefficient (Wildman–Crippen LogP) is 2.83. The first-order valence-corrected chi connectivity index (χ1v) is 7.65. The Labute approximate surface area is 131 Å². The lowest BCUT2D eigenvalue weighted by Crippen LogP contribution is -2.32. The van der Waals surface area contributed by atoms with Crippen LogP contribution in [-0.2, 0) is 9.59 Å². The molecule has 1 unspecified atom stereocenters. The molecule has 0 saturated carbocycles. The second-order valence-electron chi connectivity index (χ2n) is 4.89. The lowest BCUT2D eigenvalue weighted by atomic mass is 10.2. The van der Waals surface area contributed by atoms with E-state index in [0.29, 0.717) is 5.69 Å². The Morgan fingerprint density at radius 1 is 1.18 bits per heavy atom. The number of rotatable bonds is 3. The average molecular weight is 314 g/mol. The van der Waals surface area contributed by atoms with Crippen LogP contribution in [0, 0.1) is 0 Å². The first kappa shape index (κ1) is 14.5. The van der Waals surface area contributed by atoms with Crippen molar-refractivity contribution >= 4 is 35.0 Å². The summed E-state index contributed by atoms with van der Waals surface area (Å²) in [6.45, 7) is 0. The molecule has 3 N–H and O–H groups in total. The van der Waals surface area contributed by atoms with Crippen LogP contribution >= 0.6 is 11.8 Å². The summed E-state index contributed by atoms with van der Waals surface area (Å²) in [5.41, 5.74) is 1.37. The number of hydrogen-bond acceptors (Lipinski definition) is 4. The van der Waals surface area contributed by atoms with E-state index in [0.717, 1.165) is 10.6 Å². The molecule has 0 bridgehead atoms. The smallest absolute Gasteiger partial charge is 0.238 e. The minimum atomic E-state index is -0.452. The fraction of sp³-hybridized carbons (Fsp3) is 0.125. The van der Waals surface area contributed by atoms with Gasteiger partial charge in [-0.2, -0.15) is 0 Å². The van der Waals surface area contributed by atoms with Crippen LogP contribution in [0.15, 0.2) is 53.4 Å². The number of thioether (sulfide) groups is 1. The molecule has 0 fully saturated rings. The molecule has 2 aromatic rings. The number of fused-ring (bicyclic) bond motifs is 1. The van der Waals surface area contributed by atoms with E-state index in [1.807, 2.05) is 24.3 Å². The number of carbonyl (C=O) groups excluding carboxylic acids is 2. The highest BCUT2D eigenvalue weighted by atomic mass is 32.2. The summed E-state index contributed by atoms with van der Waals surface area (Å²) in [7, 11) is 0. The van der Waals surface area contributed by atoms with E-state index in [1.54, 1.807) is 12.1 Å². The molecule has 1 aliphatic heterocycles. The van der Waals surface area contributed by atoms with E-state index < -0.39 is 5.25 Å². The fourth-order valence-electron chi connectivity index (χ4n) is 2.15. The van der Waals surface area contributed by atoms with Crippen molar-refractivity contribution in [2.24, 2.45) is 0 Å². The molecule has 1 aliphatic rings. The van der Waals surface area contributed by atoms with Gasteiger partial charge >= 0.3 is 0 Å². The van der Waals surface area contributed by atoms with Crippen molar-refractivity contribution in [3.8, 4) is 5.75 Å². The number of anilines is 2. The van der Waals surface area contributed by atoms with Crippen molar-refractivity contribution in [1.29, 1.82) is 0 Å². The first-order chi connectivity index (χ1) is 10.6. The number of phenols is 1. The molecule has 0 radical (unpaired) electrons. The molecule has 3 rings (SSSR count). The molecule has 112 valence electrons. The summed E-state index contributed by atoms with van der Waals surface area (Å²) >= 11 is 1.39. The van der Waals surface area contributed by atoms with E-state index in [-0.39, 0.29) is 24.0 Å². The first-order valence-electron chi connectivity index (χ1n) is 6.77. The van der Waals surface area contributed by atoms with Crippen molar-refractivity contribution in [2.45, 2.75) is 16.6 Å². The summed E-state index contributed by atoms with van der Waals surface area (Å²) in [5.74, 6) is -0.265. The van der Waals surface area contributed by atoms with Gasteiger partial charge in [0.15, 0.2) is 0 Å². The van der Waals surface area contributed by atoms with Gasteiger partial charge in [0, 0.05) is 17.0 Å². The summed E-state index contributed by atoms with van der Waals surface area (Å²) < 4.78 is 0. The Morgan fingerprint density at radius 3 is 2.68 bits per heavy atom. The molecule has 0 spiro atoms. The van der Waals surface area contributed by atoms with E-state index in [9.17, 15) is 14.7 Å². The van der Waals surface area contributed by atoms with Crippen molar-refractivity contribution in [2.75, 3.05) is 10.6 Å². The quantitative estimate of drug-likeness (QED) is 0.761. The second-order valence-corrected chi connectivity index (χ2v) is 6.14.